The molecule has 0 unspecified atom stereocenters. The van der Waals surface area contributed by atoms with Crippen molar-refractivity contribution >= 4 is 33.0 Å². The number of thiophene rings is 1. The molecule has 0 saturated heterocycles. The van der Waals surface area contributed by atoms with E-state index in [4.69, 9.17) is 11.6 Å². The Kier molecular flexibility index (Phi) is 5.01. The zero-order valence-corrected chi connectivity index (χ0v) is 15.3. The van der Waals surface area contributed by atoms with E-state index < -0.39 is 10.0 Å². The van der Waals surface area contributed by atoms with E-state index in [0.29, 0.717) is 5.02 Å². The number of hydrogen-bond acceptors (Lipinski definition) is 4. The van der Waals surface area contributed by atoms with Gasteiger partial charge < -0.3 is 0 Å². The SMILES string of the molecule is Cc1ccc(S(=O)(=O)NCc2ccnc(-c3cccs3)c2)cc1Cl. The lowest BCUT2D eigenvalue weighted by atomic mass is 10.2. The second-order valence-electron chi connectivity index (χ2n) is 5.26. The molecule has 24 heavy (non-hydrogen) atoms. The van der Waals surface area contributed by atoms with Crippen LogP contribution in [0.4, 0.5) is 0 Å². The van der Waals surface area contributed by atoms with E-state index >= 15 is 0 Å². The number of hydrogen-bond donors (Lipinski definition) is 1. The van der Waals surface area contributed by atoms with Crippen molar-refractivity contribution < 1.29 is 8.42 Å². The Morgan fingerprint density at radius 2 is 2.04 bits per heavy atom. The van der Waals surface area contributed by atoms with Gasteiger partial charge in [0.2, 0.25) is 10.0 Å². The van der Waals surface area contributed by atoms with E-state index in [0.717, 1.165) is 21.7 Å². The predicted molar refractivity (Wildman–Crippen MR) is 97.8 cm³/mol. The third-order valence-electron chi connectivity index (χ3n) is 3.52. The summed E-state index contributed by atoms with van der Waals surface area (Å²) in [6.45, 7) is 2.02. The van der Waals surface area contributed by atoms with E-state index in [1.54, 1.807) is 35.7 Å². The molecule has 0 radical (unpaired) electrons. The number of nitrogens with one attached hydrogen (secondary N) is 1. The maximum atomic E-state index is 12.4. The molecule has 0 spiro atoms. The molecule has 1 N–H and O–H groups in total. The van der Waals surface area contributed by atoms with Gasteiger partial charge in [-0.2, -0.15) is 0 Å². The van der Waals surface area contributed by atoms with Crippen LogP contribution in [0.15, 0.2) is 58.9 Å². The maximum Gasteiger partial charge on any atom is 0.240 e. The summed E-state index contributed by atoms with van der Waals surface area (Å²) in [7, 11) is -3.62. The molecule has 0 amide bonds. The first kappa shape index (κ1) is 17.1. The van der Waals surface area contributed by atoms with Crippen molar-refractivity contribution in [3.63, 3.8) is 0 Å². The molecule has 0 fully saturated rings. The number of nitrogens with zero attached hydrogens (tertiary/aromatic N) is 1. The van der Waals surface area contributed by atoms with Crippen molar-refractivity contribution in [1.82, 2.24) is 9.71 Å². The summed E-state index contributed by atoms with van der Waals surface area (Å²) >= 11 is 7.61. The average molecular weight is 379 g/mol. The van der Waals surface area contributed by atoms with Gasteiger partial charge in [-0.05, 0) is 53.8 Å². The lowest BCUT2D eigenvalue weighted by Crippen LogP contribution is -2.23. The molecule has 3 aromatic rings. The van der Waals surface area contributed by atoms with Gasteiger partial charge >= 0.3 is 0 Å². The Morgan fingerprint density at radius 1 is 1.21 bits per heavy atom. The van der Waals surface area contributed by atoms with Gasteiger partial charge in [-0.3, -0.25) is 4.98 Å². The van der Waals surface area contributed by atoms with Crippen molar-refractivity contribution in [2.75, 3.05) is 0 Å². The summed E-state index contributed by atoms with van der Waals surface area (Å²) in [5, 5.41) is 2.41. The van der Waals surface area contributed by atoms with Crippen LogP contribution in [0.2, 0.25) is 5.02 Å². The average Bonchev–Trinajstić information content (AvgIpc) is 3.10. The standard InChI is InChI=1S/C17H15ClN2O2S2/c1-12-4-5-14(10-15(12)18)24(21,22)20-11-13-6-7-19-16(9-13)17-3-2-8-23-17/h2-10,20H,11H2,1H3. The summed E-state index contributed by atoms with van der Waals surface area (Å²) < 4.78 is 27.4. The van der Waals surface area contributed by atoms with Gasteiger partial charge in [0.15, 0.2) is 0 Å². The molecule has 1 aromatic carbocycles. The molecular formula is C17H15ClN2O2S2. The van der Waals surface area contributed by atoms with Crippen LogP contribution in [-0.4, -0.2) is 13.4 Å². The molecule has 0 aliphatic heterocycles. The Morgan fingerprint density at radius 3 is 2.75 bits per heavy atom. The summed E-state index contributed by atoms with van der Waals surface area (Å²) in [5.74, 6) is 0. The van der Waals surface area contributed by atoms with Crippen molar-refractivity contribution in [2.45, 2.75) is 18.4 Å². The first-order valence-corrected chi connectivity index (χ1v) is 9.94. The second kappa shape index (κ2) is 7.03. The maximum absolute atomic E-state index is 12.4. The Balaban J connectivity index is 1.77. The minimum Gasteiger partial charge on any atom is -0.255 e. The van der Waals surface area contributed by atoms with Gasteiger partial charge in [-0.15, -0.1) is 11.3 Å². The number of sulfonamides is 1. The van der Waals surface area contributed by atoms with Crippen molar-refractivity contribution in [3.05, 3.63) is 70.2 Å². The Hall–Kier alpha value is -1.73. The van der Waals surface area contributed by atoms with E-state index in [1.807, 2.05) is 30.5 Å². The fourth-order valence-electron chi connectivity index (χ4n) is 2.15. The van der Waals surface area contributed by atoms with Gasteiger partial charge in [0.25, 0.3) is 0 Å². The molecule has 3 rings (SSSR count). The normalized spacial score (nSPS) is 11.6. The zero-order chi connectivity index (χ0) is 17.2. The van der Waals surface area contributed by atoms with Crippen LogP contribution in [0.5, 0.6) is 0 Å². The second-order valence-corrected chi connectivity index (χ2v) is 8.38. The molecule has 0 bridgehead atoms. The number of halogens is 1. The third-order valence-corrected chi connectivity index (χ3v) is 6.22. The van der Waals surface area contributed by atoms with Crippen LogP contribution in [0.25, 0.3) is 10.6 Å². The Bertz CT molecular complexity index is 954. The summed E-state index contributed by atoms with van der Waals surface area (Å²) in [4.78, 5) is 5.53. The highest BCUT2D eigenvalue weighted by Crippen LogP contribution is 2.23. The van der Waals surface area contributed by atoms with Crippen LogP contribution < -0.4 is 4.72 Å². The summed E-state index contributed by atoms with van der Waals surface area (Å²) in [5.41, 5.74) is 2.51. The highest BCUT2D eigenvalue weighted by Gasteiger charge is 2.15. The fourth-order valence-corrected chi connectivity index (χ4v) is 4.13. The number of aromatic nitrogens is 1. The first-order chi connectivity index (χ1) is 11.5. The van der Waals surface area contributed by atoms with E-state index in [-0.39, 0.29) is 11.4 Å². The van der Waals surface area contributed by atoms with Gasteiger partial charge in [-0.1, -0.05) is 23.7 Å². The van der Waals surface area contributed by atoms with Crippen LogP contribution in [-0.2, 0) is 16.6 Å². The molecule has 7 heteroatoms. The number of rotatable bonds is 5. The highest BCUT2D eigenvalue weighted by atomic mass is 35.5. The topological polar surface area (TPSA) is 59.1 Å². The lowest BCUT2D eigenvalue weighted by Gasteiger charge is -2.09. The molecule has 0 aliphatic rings. The minimum atomic E-state index is -3.62. The minimum absolute atomic E-state index is 0.158. The van der Waals surface area contributed by atoms with Crippen LogP contribution >= 0.6 is 22.9 Å². The largest absolute Gasteiger partial charge is 0.255 e. The quantitative estimate of drug-likeness (QED) is 0.722. The van der Waals surface area contributed by atoms with E-state index in [1.165, 1.54) is 6.07 Å². The fraction of sp³-hybridized carbons (Fsp3) is 0.118. The zero-order valence-electron chi connectivity index (χ0n) is 12.9. The van der Waals surface area contributed by atoms with Crippen molar-refractivity contribution in [1.29, 1.82) is 0 Å². The Labute approximate surface area is 150 Å². The van der Waals surface area contributed by atoms with Gasteiger partial charge in [0, 0.05) is 17.8 Å². The highest BCUT2D eigenvalue weighted by molar-refractivity contribution is 7.89. The molecule has 0 saturated carbocycles. The van der Waals surface area contributed by atoms with Gasteiger partial charge in [0.1, 0.15) is 0 Å². The van der Waals surface area contributed by atoms with Crippen molar-refractivity contribution in [3.8, 4) is 10.6 Å². The third kappa shape index (κ3) is 3.84. The van der Waals surface area contributed by atoms with Crippen LogP contribution in [0, 0.1) is 6.92 Å². The molecular weight excluding hydrogens is 364 g/mol. The molecule has 2 heterocycles. The number of pyridine rings is 1. The number of aryl methyl sites for hydroxylation is 1. The van der Waals surface area contributed by atoms with Crippen LogP contribution in [0.3, 0.4) is 0 Å². The van der Waals surface area contributed by atoms with Crippen LogP contribution in [0.1, 0.15) is 11.1 Å². The number of benzene rings is 1. The molecule has 124 valence electrons. The van der Waals surface area contributed by atoms with Crippen molar-refractivity contribution in [2.24, 2.45) is 0 Å². The first-order valence-electron chi connectivity index (χ1n) is 7.20. The van der Waals surface area contributed by atoms with Gasteiger partial charge in [-0.25, -0.2) is 13.1 Å². The molecule has 4 nitrogen and oxygen atoms in total. The predicted octanol–water partition coefficient (Wildman–Crippen LogP) is 4.25. The molecule has 0 aliphatic carbocycles. The van der Waals surface area contributed by atoms with E-state index in [2.05, 4.69) is 9.71 Å². The monoisotopic (exact) mass is 378 g/mol. The van der Waals surface area contributed by atoms with E-state index in [9.17, 15) is 8.42 Å². The molecule has 2 aromatic heterocycles. The summed E-state index contributed by atoms with van der Waals surface area (Å²) in [6, 6.07) is 12.3. The molecule has 0 atom stereocenters. The smallest absolute Gasteiger partial charge is 0.240 e. The lowest BCUT2D eigenvalue weighted by molar-refractivity contribution is 0.581. The summed E-state index contributed by atoms with van der Waals surface area (Å²) in [6.07, 6.45) is 1.68. The van der Waals surface area contributed by atoms with Gasteiger partial charge in [0.05, 0.1) is 15.5 Å².